The number of aliphatic hydroxyl groups excluding tert-OH is 1. The first-order chi connectivity index (χ1) is 6.36. The van der Waals surface area contributed by atoms with Crippen LogP contribution in [0.4, 0.5) is 0 Å². The van der Waals surface area contributed by atoms with Gasteiger partial charge >= 0.3 is 0 Å². The van der Waals surface area contributed by atoms with Crippen molar-refractivity contribution in [2.24, 2.45) is 0 Å². The van der Waals surface area contributed by atoms with Gasteiger partial charge in [-0.2, -0.15) is 0 Å². The number of aryl methyl sites for hydroxylation is 1. The fourth-order valence-corrected chi connectivity index (χ4v) is 1.27. The molecule has 0 unspecified atom stereocenters. The van der Waals surface area contributed by atoms with Crippen LogP contribution in [-0.2, 0) is 6.42 Å². The first kappa shape index (κ1) is 10.1. The lowest BCUT2D eigenvalue weighted by Crippen LogP contribution is -1.90. The van der Waals surface area contributed by atoms with Crippen molar-refractivity contribution in [1.29, 1.82) is 0 Å². The van der Waals surface area contributed by atoms with Gasteiger partial charge in [-0.1, -0.05) is 12.1 Å². The fourth-order valence-electron chi connectivity index (χ4n) is 1.27. The van der Waals surface area contributed by atoms with E-state index in [1.54, 1.807) is 7.11 Å². The van der Waals surface area contributed by atoms with E-state index < -0.39 is 0 Å². The molecule has 0 spiro atoms. The Bertz CT molecular complexity index is 246. The van der Waals surface area contributed by atoms with Gasteiger partial charge in [-0.05, 0) is 37.0 Å². The maximum atomic E-state index is 8.62. The highest BCUT2D eigenvalue weighted by molar-refractivity contribution is 5.28. The van der Waals surface area contributed by atoms with Gasteiger partial charge in [-0.3, -0.25) is 0 Å². The van der Waals surface area contributed by atoms with Crippen molar-refractivity contribution in [2.45, 2.75) is 19.3 Å². The Kier molecular flexibility index (Phi) is 4.33. The molecule has 2 heteroatoms. The molecule has 0 saturated carbocycles. The summed E-state index contributed by atoms with van der Waals surface area (Å²) in [5, 5.41) is 8.62. The van der Waals surface area contributed by atoms with E-state index in [0.29, 0.717) is 0 Å². The van der Waals surface area contributed by atoms with Gasteiger partial charge in [0.25, 0.3) is 0 Å². The number of methoxy groups -OCH3 is 1. The monoisotopic (exact) mass is 180 g/mol. The van der Waals surface area contributed by atoms with Crippen LogP contribution in [-0.4, -0.2) is 18.8 Å². The van der Waals surface area contributed by atoms with Crippen LogP contribution in [0.3, 0.4) is 0 Å². The lowest BCUT2D eigenvalue weighted by Gasteiger charge is -2.03. The van der Waals surface area contributed by atoms with E-state index in [1.165, 1.54) is 5.56 Å². The Morgan fingerprint density at radius 1 is 1.31 bits per heavy atom. The molecule has 0 fully saturated rings. The summed E-state index contributed by atoms with van der Waals surface area (Å²) in [6.07, 6.45) is 2.92. The Balaban J connectivity index is 2.46. The highest BCUT2D eigenvalue weighted by atomic mass is 16.5. The van der Waals surface area contributed by atoms with E-state index in [0.717, 1.165) is 25.0 Å². The molecule has 1 N–H and O–H groups in total. The summed E-state index contributed by atoms with van der Waals surface area (Å²) in [5.41, 5.74) is 1.27. The van der Waals surface area contributed by atoms with Crippen molar-refractivity contribution in [3.63, 3.8) is 0 Å². The number of rotatable bonds is 5. The summed E-state index contributed by atoms with van der Waals surface area (Å²) in [4.78, 5) is 0. The molecule has 13 heavy (non-hydrogen) atoms. The van der Waals surface area contributed by atoms with Gasteiger partial charge in [0.1, 0.15) is 5.75 Å². The summed E-state index contributed by atoms with van der Waals surface area (Å²) in [7, 11) is 1.67. The summed E-state index contributed by atoms with van der Waals surface area (Å²) >= 11 is 0. The smallest absolute Gasteiger partial charge is 0.119 e. The summed E-state index contributed by atoms with van der Waals surface area (Å²) in [6.45, 7) is 0.282. The van der Waals surface area contributed by atoms with Crippen LogP contribution in [0, 0.1) is 0 Å². The van der Waals surface area contributed by atoms with Crippen molar-refractivity contribution in [2.75, 3.05) is 13.7 Å². The molecule has 72 valence electrons. The molecular formula is C11H16O2. The molecular weight excluding hydrogens is 164 g/mol. The number of benzene rings is 1. The SMILES string of the molecule is COc1cccc(CCCCO)c1. The quantitative estimate of drug-likeness (QED) is 0.702. The molecule has 1 rings (SSSR count). The van der Waals surface area contributed by atoms with E-state index in [-0.39, 0.29) is 6.61 Å². The van der Waals surface area contributed by atoms with Crippen LogP contribution in [0.15, 0.2) is 24.3 Å². The molecule has 1 aromatic carbocycles. The Hall–Kier alpha value is -1.02. The van der Waals surface area contributed by atoms with Crippen molar-refractivity contribution in [3.05, 3.63) is 29.8 Å². The first-order valence-electron chi connectivity index (χ1n) is 4.60. The van der Waals surface area contributed by atoms with Crippen molar-refractivity contribution in [3.8, 4) is 5.75 Å². The number of ether oxygens (including phenoxy) is 1. The molecule has 0 aliphatic heterocycles. The third kappa shape index (κ3) is 3.47. The van der Waals surface area contributed by atoms with E-state index >= 15 is 0 Å². The molecule has 0 aliphatic carbocycles. The summed E-state index contributed by atoms with van der Waals surface area (Å²) in [5.74, 6) is 0.904. The minimum absolute atomic E-state index is 0.282. The number of hydrogen-bond donors (Lipinski definition) is 1. The highest BCUT2D eigenvalue weighted by Gasteiger charge is 1.95. The van der Waals surface area contributed by atoms with Gasteiger partial charge < -0.3 is 9.84 Å². The standard InChI is InChI=1S/C11H16O2/c1-13-11-7-4-6-10(9-11)5-2-3-8-12/h4,6-7,9,12H,2-3,5,8H2,1H3. The van der Waals surface area contributed by atoms with Gasteiger partial charge in [0.05, 0.1) is 7.11 Å². The lowest BCUT2D eigenvalue weighted by molar-refractivity contribution is 0.284. The minimum Gasteiger partial charge on any atom is -0.497 e. The van der Waals surface area contributed by atoms with E-state index in [9.17, 15) is 0 Å². The second kappa shape index (κ2) is 5.60. The predicted molar refractivity (Wildman–Crippen MR) is 53.0 cm³/mol. The van der Waals surface area contributed by atoms with Crippen LogP contribution in [0.5, 0.6) is 5.75 Å². The topological polar surface area (TPSA) is 29.5 Å². The average molecular weight is 180 g/mol. The second-order valence-electron chi connectivity index (χ2n) is 3.03. The molecule has 0 aromatic heterocycles. The van der Waals surface area contributed by atoms with Crippen LogP contribution in [0.25, 0.3) is 0 Å². The molecule has 0 heterocycles. The molecule has 1 aromatic rings. The Morgan fingerprint density at radius 3 is 2.85 bits per heavy atom. The first-order valence-corrected chi connectivity index (χ1v) is 4.60. The van der Waals surface area contributed by atoms with Crippen molar-refractivity contribution in [1.82, 2.24) is 0 Å². The lowest BCUT2D eigenvalue weighted by atomic mass is 10.1. The number of unbranched alkanes of at least 4 members (excludes halogenated alkanes) is 1. The molecule has 0 bridgehead atoms. The van der Waals surface area contributed by atoms with Crippen LogP contribution in [0.2, 0.25) is 0 Å². The zero-order chi connectivity index (χ0) is 9.52. The number of hydrogen-bond acceptors (Lipinski definition) is 2. The van der Waals surface area contributed by atoms with Gasteiger partial charge in [0, 0.05) is 6.61 Å². The maximum absolute atomic E-state index is 8.62. The normalized spacial score (nSPS) is 10.0. The average Bonchev–Trinajstić information content (AvgIpc) is 2.19. The van der Waals surface area contributed by atoms with Gasteiger partial charge in [-0.25, -0.2) is 0 Å². The van der Waals surface area contributed by atoms with Crippen molar-refractivity contribution < 1.29 is 9.84 Å². The van der Waals surface area contributed by atoms with Gasteiger partial charge in [0.2, 0.25) is 0 Å². The third-order valence-corrected chi connectivity index (χ3v) is 2.01. The molecule has 0 amide bonds. The second-order valence-corrected chi connectivity index (χ2v) is 3.03. The Labute approximate surface area is 79.2 Å². The van der Waals surface area contributed by atoms with E-state index in [4.69, 9.17) is 9.84 Å². The molecule has 0 aliphatic rings. The zero-order valence-corrected chi connectivity index (χ0v) is 7.99. The van der Waals surface area contributed by atoms with Gasteiger partial charge in [0.15, 0.2) is 0 Å². The van der Waals surface area contributed by atoms with Crippen LogP contribution < -0.4 is 4.74 Å². The summed E-state index contributed by atoms with van der Waals surface area (Å²) in [6, 6.07) is 8.06. The summed E-state index contributed by atoms with van der Waals surface area (Å²) < 4.78 is 5.11. The van der Waals surface area contributed by atoms with Crippen molar-refractivity contribution >= 4 is 0 Å². The third-order valence-electron chi connectivity index (χ3n) is 2.01. The number of aliphatic hydroxyl groups is 1. The molecule has 0 saturated heterocycles. The molecule has 0 atom stereocenters. The largest absolute Gasteiger partial charge is 0.497 e. The minimum atomic E-state index is 0.282. The van der Waals surface area contributed by atoms with E-state index in [1.807, 2.05) is 18.2 Å². The fraction of sp³-hybridized carbons (Fsp3) is 0.455. The predicted octanol–water partition coefficient (Wildman–Crippen LogP) is 2.01. The van der Waals surface area contributed by atoms with Gasteiger partial charge in [-0.15, -0.1) is 0 Å². The van der Waals surface area contributed by atoms with Crippen LogP contribution >= 0.6 is 0 Å². The Morgan fingerprint density at radius 2 is 2.15 bits per heavy atom. The van der Waals surface area contributed by atoms with E-state index in [2.05, 4.69) is 6.07 Å². The van der Waals surface area contributed by atoms with Crippen LogP contribution in [0.1, 0.15) is 18.4 Å². The zero-order valence-electron chi connectivity index (χ0n) is 7.99. The molecule has 2 nitrogen and oxygen atoms in total. The maximum Gasteiger partial charge on any atom is 0.119 e. The molecule has 0 radical (unpaired) electrons. The highest BCUT2D eigenvalue weighted by Crippen LogP contribution is 2.14.